The zero-order valence-corrected chi connectivity index (χ0v) is 18.4. The van der Waals surface area contributed by atoms with Crippen molar-refractivity contribution in [2.24, 2.45) is 0 Å². The Labute approximate surface area is 202 Å². The number of alkyl halides is 3. The molecule has 1 aliphatic heterocycles. The molecule has 0 spiro atoms. The molecule has 1 fully saturated rings. The quantitative estimate of drug-likeness (QED) is 0.430. The van der Waals surface area contributed by atoms with Gasteiger partial charge >= 0.3 is 6.18 Å². The topological polar surface area (TPSA) is 103 Å². The summed E-state index contributed by atoms with van der Waals surface area (Å²) in [6, 6.07) is 9.88. The van der Waals surface area contributed by atoms with Crippen LogP contribution in [0.4, 0.5) is 23.4 Å². The summed E-state index contributed by atoms with van der Waals surface area (Å²) >= 11 is 0. The number of amides is 2. The standard InChI is InChI=1S/C23H22F4N6O2.3H2/c24-16-12-29-19(15-9-17(28-11-15)21(34)30-10-14-5-2-1-3-6-14)32-20(16)33-8-4-7-18(33)22(35)31-13-23(25,26)27;;;/h1-3,5-6,9,11-12,18,28H,4,7-8,10,13H2,(H,30,34)(H,31,35);3*1H/t18-;;;/m1.../s1. The molecular formula is C23H28F4N6O2. The van der Waals surface area contributed by atoms with E-state index in [1.54, 1.807) is 0 Å². The predicted molar refractivity (Wildman–Crippen MR) is 125 cm³/mol. The summed E-state index contributed by atoms with van der Waals surface area (Å²) in [4.78, 5) is 37.1. The number of rotatable bonds is 7. The minimum Gasteiger partial charge on any atom is -0.356 e. The molecule has 1 atom stereocenters. The highest BCUT2D eigenvalue weighted by molar-refractivity contribution is 5.93. The first kappa shape index (κ1) is 24.2. The second-order valence-electron chi connectivity index (χ2n) is 8.02. The highest BCUT2D eigenvalue weighted by atomic mass is 19.4. The fourth-order valence-electron chi connectivity index (χ4n) is 3.82. The molecule has 8 nitrogen and oxygen atoms in total. The second-order valence-corrected chi connectivity index (χ2v) is 8.02. The first-order valence-corrected chi connectivity index (χ1v) is 10.9. The molecule has 0 aliphatic carbocycles. The third-order valence-electron chi connectivity index (χ3n) is 5.50. The molecule has 3 aromatic rings. The van der Waals surface area contributed by atoms with Crippen molar-refractivity contribution in [1.29, 1.82) is 0 Å². The highest BCUT2D eigenvalue weighted by Crippen LogP contribution is 2.28. The van der Waals surface area contributed by atoms with Gasteiger partial charge in [-0.05, 0) is 24.5 Å². The van der Waals surface area contributed by atoms with Gasteiger partial charge in [0.05, 0.1) is 6.20 Å². The number of nitrogens with one attached hydrogen (secondary N) is 3. The van der Waals surface area contributed by atoms with Crippen LogP contribution in [-0.2, 0) is 11.3 Å². The lowest BCUT2D eigenvalue weighted by Gasteiger charge is -2.25. The van der Waals surface area contributed by atoms with Gasteiger partial charge in [-0.1, -0.05) is 30.3 Å². The first-order valence-electron chi connectivity index (χ1n) is 10.9. The number of anilines is 1. The molecule has 0 saturated carbocycles. The molecular weight excluding hydrogens is 468 g/mol. The van der Waals surface area contributed by atoms with E-state index < -0.39 is 30.5 Å². The highest BCUT2D eigenvalue weighted by Gasteiger charge is 2.36. The van der Waals surface area contributed by atoms with Crippen LogP contribution in [0, 0.1) is 5.82 Å². The number of hydrogen-bond acceptors (Lipinski definition) is 5. The van der Waals surface area contributed by atoms with Crippen molar-refractivity contribution in [2.45, 2.75) is 31.6 Å². The van der Waals surface area contributed by atoms with Gasteiger partial charge in [0.15, 0.2) is 17.5 Å². The van der Waals surface area contributed by atoms with Gasteiger partial charge in [0.2, 0.25) is 5.91 Å². The summed E-state index contributed by atoms with van der Waals surface area (Å²) in [7, 11) is 0. The maximum absolute atomic E-state index is 14.6. The minimum atomic E-state index is -4.55. The SMILES string of the molecule is O=C(NCc1ccccc1)c1cc(-c2ncc(F)c(N3CCC[C@@H]3C(=O)NCC(F)(F)F)n2)c[nH]1.[HH].[HH].[HH]. The maximum Gasteiger partial charge on any atom is 0.405 e. The van der Waals surface area contributed by atoms with Crippen LogP contribution >= 0.6 is 0 Å². The molecule has 1 saturated heterocycles. The Morgan fingerprint density at radius 1 is 1.20 bits per heavy atom. The van der Waals surface area contributed by atoms with E-state index in [2.05, 4.69) is 20.3 Å². The molecule has 3 N–H and O–H groups in total. The van der Waals surface area contributed by atoms with E-state index in [4.69, 9.17) is 0 Å². The van der Waals surface area contributed by atoms with E-state index >= 15 is 0 Å². The van der Waals surface area contributed by atoms with E-state index in [9.17, 15) is 27.2 Å². The lowest BCUT2D eigenvalue weighted by molar-refractivity contribution is -0.139. The molecule has 3 heterocycles. The van der Waals surface area contributed by atoms with Crippen molar-refractivity contribution in [1.82, 2.24) is 25.6 Å². The molecule has 35 heavy (non-hydrogen) atoms. The van der Waals surface area contributed by atoms with Crippen LogP contribution in [0.3, 0.4) is 0 Å². The van der Waals surface area contributed by atoms with Gasteiger partial charge in [-0.3, -0.25) is 9.59 Å². The monoisotopic (exact) mass is 496 g/mol. The zero-order valence-electron chi connectivity index (χ0n) is 18.4. The number of benzene rings is 1. The molecule has 2 amide bonds. The average molecular weight is 497 g/mol. The van der Waals surface area contributed by atoms with Crippen LogP contribution in [0.15, 0.2) is 48.8 Å². The van der Waals surface area contributed by atoms with Crippen molar-refractivity contribution in [3.63, 3.8) is 0 Å². The van der Waals surface area contributed by atoms with Crippen LogP contribution in [0.2, 0.25) is 0 Å². The molecule has 0 unspecified atom stereocenters. The lowest BCUT2D eigenvalue weighted by atomic mass is 10.2. The Hall–Kier alpha value is -3.96. The molecule has 4 rings (SSSR count). The number of aromatic nitrogens is 3. The normalized spacial score (nSPS) is 15.8. The van der Waals surface area contributed by atoms with Crippen LogP contribution in [0.5, 0.6) is 0 Å². The fraction of sp³-hybridized carbons (Fsp3) is 0.304. The number of nitrogens with zero attached hydrogens (tertiary/aromatic N) is 3. The van der Waals surface area contributed by atoms with Crippen molar-refractivity contribution in [3.8, 4) is 11.4 Å². The summed E-state index contributed by atoms with van der Waals surface area (Å²) in [5.41, 5.74) is 1.59. The molecule has 0 bridgehead atoms. The summed E-state index contributed by atoms with van der Waals surface area (Å²) < 4.78 is 52.0. The van der Waals surface area contributed by atoms with Crippen LogP contribution in [-0.4, -0.2) is 52.1 Å². The van der Waals surface area contributed by atoms with Crippen LogP contribution < -0.4 is 15.5 Å². The third kappa shape index (κ3) is 5.94. The van der Waals surface area contributed by atoms with Crippen molar-refractivity contribution in [3.05, 3.63) is 65.9 Å². The van der Waals surface area contributed by atoms with E-state index in [-0.39, 0.29) is 40.5 Å². The summed E-state index contributed by atoms with van der Waals surface area (Å²) in [5, 5.41) is 4.63. The third-order valence-corrected chi connectivity index (χ3v) is 5.50. The minimum absolute atomic E-state index is 0. The van der Waals surface area contributed by atoms with Gasteiger partial charge in [0, 0.05) is 29.1 Å². The van der Waals surface area contributed by atoms with Gasteiger partial charge in [-0.15, -0.1) is 0 Å². The van der Waals surface area contributed by atoms with E-state index in [1.807, 2.05) is 35.6 Å². The van der Waals surface area contributed by atoms with Gasteiger partial charge < -0.3 is 20.5 Å². The molecule has 190 valence electrons. The van der Waals surface area contributed by atoms with E-state index in [0.29, 0.717) is 18.5 Å². The van der Waals surface area contributed by atoms with E-state index in [1.165, 1.54) is 17.2 Å². The number of halogens is 4. The fourth-order valence-corrected chi connectivity index (χ4v) is 3.82. The number of carbonyl (C=O) groups is 2. The average Bonchev–Trinajstić information content (AvgIpc) is 3.52. The zero-order chi connectivity index (χ0) is 25.0. The molecule has 2 aromatic heterocycles. The molecule has 0 radical (unpaired) electrons. The maximum atomic E-state index is 14.6. The van der Waals surface area contributed by atoms with E-state index in [0.717, 1.165) is 11.8 Å². The summed E-state index contributed by atoms with van der Waals surface area (Å²) in [6.45, 7) is -0.887. The molecule has 12 heteroatoms. The Morgan fingerprint density at radius 2 is 1.97 bits per heavy atom. The number of hydrogen-bond donors (Lipinski definition) is 3. The van der Waals surface area contributed by atoms with Crippen LogP contribution in [0.1, 0.15) is 33.2 Å². The second kappa shape index (κ2) is 10.1. The summed E-state index contributed by atoms with van der Waals surface area (Å²) in [5.74, 6) is -2.10. The Bertz CT molecular complexity index is 1210. The smallest absolute Gasteiger partial charge is 0.356 e. The van der Waals surface area contributed by atoms with Gasteiger partial charge in [0.25, 0.3) is 5.91 Å². The van der Waals surface area contributed by atoms with Crippen molar-refractivity contribution >= 4 is 17.6 Å². The number of carbonyl (C=O) groups excluding carboxylic acids is 2. The van der Waals surface area contributed by atoms with Gasteiger partial charge in [-0.25, -0.2) is 14.4 Å². The Kier molecular flexibility index (Phi) is 6.99. The van der Waals surface area contributed by atoms with Gasteiger partial charge in [-0.2, -0.15) is 13.2 Å². The number of H-pyrrole nitrogens is 1. The largest absolute Gasteiger partial charge is 0.405 e. The Balaban J connectivity index is 0.00000241. The van der Waals surface area contributed by atoms with Crippen LogP contribution in [0.25, 0.3) is 11.4 Å². The Morgan fingerprint density at radius 3 is 2.71 bits per heavy atom. The number of aromatic amines is 1. The molecule has 1 aliphatic rings. The lowest BCUT2D eigenvalue weighted by Crippen LogP contribution is -2.46. The summed E-state index contributed by atoms with van der Waals surface area (Å²) in [6.07, 6.45) is -1.38. The first-order chi connectivity index (χ1) is 16.7. The van der Waals surface area contributed by atoms with Crippen molar-refractivity contribution < 1.29 is 31.4 Å². The predicted octanol–water partition coefficient (Wildman–Crippen LogP) is 3.93. The van der Waals surface area contributed by atoms with Crippen molar-refractivity contribution in [2.75, 3.05) is 18.0 Å². The molecule has 1 aromatic carbocycles. The van der Waals surface area contributed by atoms with Gasteiger partial charge in [0.1, 0.15) is 18.3 Å².